The summed E-state index contributed by atoms with van der Waals surface area (Å²) in [5, 5.41) is 21.3. The van der Waals surface area contributed by atoms with Crippen molar-refractivity contribution in [1.29, 1.82) is 0 Å². The number of hydrogen-bond acceptors (Lipinski definition) is 6. The van der Waals surface area contributed by atoms with Crippen LogP contribution in [-0.4, -0.2) is 42.8 Å². The lowest BCUT2D eigenvalue weighted by Gasteiger charge is -2.32. The maximum Gasteiger partial charge on any atom is 0.337 e. The quantitative estimate of drug-likeness (QED) is 0.508. The van der Waals surface area contributed by atoms with Gasteiger partial charge in [-0.25, -0.2) is 4.79 Å². The molecule has 1 aliphatic rings. The maximum absolute atomic E-state index is 11.7. The summed E-state index contributed by atoms with van der Waals surface area (Å²) in [6.45, 7) is 0.507. The van der Waals surface area contributed by atoms with Crippen molar-refractivity contribution >= 4 is 17.3 Å². The van der Waals surface area contributed by atoms with Gasteiger partial charge in [0.05, 0.1) is 23.7 Å². The van der Waals surface area contributed by atoms with Gasteiger partial charge in [0.2, 0.25) is 0 Å². The molecular weight excluding hydrogens is 300 g/mol. The zero-order chi connectivity index (χ0) is 17.0. The van der Waals surface area contributed by atoms with E-state index >= 15 is 0 Å². The molecule has 0 amide bonds. The van der Waals surface area contributed by atoms with Crippen molar-refractivity contribution in [3.63, 3.8) is 0 Å². The van der Waals surface area contributed by atoms with Crippen molar-refractivity contribution in [2.45, 2.75) is 31.8 Å². The van der Waals surface area contributed by atoms with E-state index in [-0.39, 0.29) is 23.3 Å². The van der Waals surface area contributed by atoms with Gasteiger partial charge in [-0.1, -0.05) is 12.8 Å². The molecule has 0 spiro atoms. The number of hydrogen-bond donors (Lipinski definition) is 1. The number of nitro groups is 1. The van der Waals surface area contributed by atoms with E-state index in [2.05, 4.69) is 4.74 Å². The number of benzene rings is 1. The largest absolute Gasteiger partial charge is 0.465 e. The molecule has 0 aliphatic heterocycles. The second-order valence-corrected chi connectivity index (χ2v) is 5.94. The fourth-order valence-corrected chi connectivity index (χ4v) is 3.08. The van der Waals surface area contributed by atoms with Crippen LogP contribution in [0.5, 0.6) is 0 Å². The summed E-state index contributed by atoms with van der Waals surface area (Å²) >= 11 is 0. The van der Waals surface area contributed by atoms with E-state index in [0.29, 0.717) is 12.2 Å². The van der Waals surface area contributed by atoms with Gasteiger partial charge in [0, 0.05) is 25.6 Å². The smallest absolute Gasteiger partial charge is 0.337 e. The van der Waals surface area contributed by atoms with Gasteiger partial charge in [-0.15, -0.1) is 0 Å². The number of nitro benzene ring substituents is 1. The van der Waals surface area contributed by atoms with Crippen molar-refractivity contribution in [2.24, 2.45) is 5.92 Å². The second kappa shape index (κ2) is 7.41. The topological polar surface area (TPSA) is 92.9 Å². The Morgan fingerprint density at radius 3 is 2.74 bits per heavy atom. The molecule has 0 aromatic heterocycles. The van der Waals surface area contributed by atoms with Gasteiger partial charge in [0.1, 0.15) is 5.69 Å². The minimum absolute atomic E-state index is 0.0644. The summed E-state index contributed by atoms with van der Waals surface area (Å²) < 4.78 is 4.67. The molecule has 2 atom stereocenters. The highest BCUT2D eigenvalue weighted by Gasteiger charge is 2.27. The number of ether oxygens (including phenoxy) is 1. The predicted octanol–water partition coefficient (Wildman–Crippen LogP) is 2.37. The average molecular weight is 322 g/mol. The molecule has 1 saturated carbocycles. The van der Waals surface area contributed by atoms with Gasteiger partial charge in [0.25, 0.3) is 5.69 Å². The van der Waals surface area contributed by atoms with Crippen LogP contribution in [0.3, 0.4) is 0 Å². The summed E-state index contributed by atoms with van der Waals surface area (Å²) in [6, 6.07) is 4.17. The van der Waals surface area contributed by atoms with Gasteiger partial charge >= 0.3 is 5.97 Å². The van der Waals surface area contributed by atoms with Gasteiger partial charge in [0.15, 0.2) is 0 Å². The van der Waals surface area contributed by atoms with Gasteiger partial charge < -0.3 is 14.7 Å². The first-order valence-electron chi connectivity index (χ1n) is 7.70. The Morgan fingerprint density at radius 1 is 1.43 bits per heavy atom. The Balaban J connectivity index is 2.27. The number of methoxy groups -OCH3 is 1. The van der Waals surface area contributed by atoms with Gasteiger partial charge in [-0.05, 0) is 25.0 Å². The first kappa shape index (κ1) is 17.2. The van der Waals surface area contributed by atoms with E-state index in [1.165, 1.54) is 25.3 Å². The van der Waals surface area contributed by atoms with Crippen LogP contribution in [0.15, 0.2) is 18.2 Å². The monoisotopic (exact) mass is 322 g/mol. The summed E-state index contributed by atoms with van der Waals surface area (Å²) in [4.78, 5) is 24.2. The van der Waals surface area contributed by atoms with Crippen LogP contribution in [0.25, 0.3) is 0 Å². The molecule has 7 nitrogen and oxygen atoms in total. The Morgan fingerprint density at radius 2 is 2.13 bits per heavy atom. The summed E-state index contributed by atoms with van der Waals surface area (Å²) in [7, 11) is 3.01. The number of aliphatic hydroxyl groups is 1. The van der Waals surface area contributed by atoms with Crippen molar-refractivity contribution in [2.75, 3.05) is 25.6 Å². The SMILES string of the molecule is COC(=O)c1ccc([N+](=O)[O-])c(N(C)CC2CCCCC2O)c1. The molecule has 126 valence electrons. The number of nitrogens with zero attached hydrogens (tertiary/aromatic N) is 2. The van der Waals surface area contributed by atoms with Crippen LogP contribution >= 0.6 is 0 Å². The lowest BCUT2D eigenvalue weighted by atomic mass is 9.86. The van der Waals surface area contributed by atoms with Crippen molar-refractivity contribution in [1.82, 2.24) is 0 Å². The highest BCUT2D eigenvalue weighted by atomic mass is 16.6. The number of carbonyl (C=O) groups is 1. The molecule has 0 heterocycles. The fourth-order valence-electron chi connectivity index (χ4n) is 3.08. The number of carbonyl (C=O) groups excluding carboxylic acids is 1. The van der Waals surface area contributed by atoms with Crippen molar-refractivity contribution in [3.8, 4) is 0 Å². The van der Waals surface area contributed by atoms with E-state index in [0.717, 1.165) is 25.7 Å². The molecule has 0 radical (unpaired) electrons. The predicted molar refractivity (Wildman–Crippen MR) is 85.7 cm³/mol. The molecule has 1 N–H and O–H groups in total. The van der Waals surface area contributed by atoms with Crippen LogP contribution in [0, 0.1) is 16.0 Å². The van der Waals surface area contributed by atoms with E-state index in [1.54, 1.807) is 11.9 Å². The minimum atomic E-state index is -0.535. The molecular formula is C16H22N2O5. The van der Waals surface area contributed by atoms with Crippen LogP contribution in [-0.2, 0) is 4.74 Å². The highest BCUT2D eigenvalue weighted by Crippen LogP contribution is 2.32. The van der Waals surface area contributed by atoms with Crippen LogP contribution in [0.4, 0.5) is 11.4 Å². The van der Waals surface area contributed by atoms with E-state index in [1.807, 2.05) is 0 Å². The molecule has 0 bridgehead atoms. The first-order chi connectivity index (χ1) is 10.9. The highest BCUT2D eigenvalue weighted by molar-refractivity contribution is 5.91. The molecule has 1 aromatic carbocycles. The average Bonchev–Trinajstić information content (AvgIpc) is 2.55. The Hall–Kier alpha value is -2.15. The Bertz CT molecular complexity index is 590. The lowest BCUT2D eigenvalue weighted by molar-refractivity contribution is -0.384. The number of esters is 1. The third-order valence-electron chi connectivity index (χ3n) is 4.38. The van der Waals surface area contributed by atoms with E-state index in [9.17, 15) is 20.0 Å². The van der Waals surface area contributed by atoms with Crippen LogP contribution in [0.1, 0.15) is 36.0 Å². The summed E-state index contributed by atoms with van der Waals surface area (Å²) in [5.74, 6) is -0.456. The Labute approximate surface area is 135 Å². The van der Waals surface area contributed by atoms with Crippen LogP contribution < -0.4 is 4.90 Å². The number of rotatable bonds is 5. The molecule has 7 heteroatoms. The van der Waals surface area contributed by atoms with Crippen molar-refractivity contribution < 1.29 is 19.6 Å². The minimum Gasteiger partial charge on any atom is -0.465 e. The summed E-state index contributed by atoms with van der Waals surface area (Å²) in [6.07, 6.45) is 3.35. The van der Waals surface area contributed by atoms with Gasteiger partial charge in [-0.2, -0.15) is 0 Å². The van der Waals surface area contributed by atoms with Crippen LogP contribution in [0.2, 0.25) is 0 Å². The molecule has 23 heavy (non-hydrogen) atoms. The molecule has 1 aliphatic carbocycles. The van der Waals surface area contributed by atoms with Gasteiger partial charge in [-0.3, -0.25) is 10.1 Å². The molecule has 1 fully saturated rings. The first-order valence-corrected chi connectivity index (χ1v) is 7.70. The molecule has 2 unspecified atom stereocenters. The Kier molecular flexibility index (Phi) is 5.54. The second-order valence-electron chi connectivity index (χ2n) is 5.94. The fraction of sp³-hybridized carbons (Fsp3) is 0.562. The summed E-state index contributed by atoms with van der Waals surface area (Å²) in [5.41, 5.74) is 0.560. The van der Waals surface area contributed by atoms with E-state index in [4.69, 9.17) is 0 Å². The number of aliphatic hydroxyl groups excluding tert-OH is 1. The number of anilines is 1. The molecule has 1 aromatic rings. The maximum atomic E-state index is 11.7. The molecule has 2 rings (SSSR count). The van der Waals surface area contributed by atoms with E-state index < -0.39 is 10.9 Å². The standard InChI is InChI=1S/C16H22N2O5/c1-17(10-12-5-3-4-6-15(12)19)14-9-11(16(20)23-2)7-8-13(14)18(21)22/h7-9,12,15,19H,3-6,10H2,1-2H3. The normalized spacial score (nSPS) is 20.8. The molecule has 0 saturated heterocycles. The third kappa shape index (κ3) is 3.98. The van der Waals surface area contributed by atoms with Crippen molar-refractivity contribution in [3.05, 3.63) is 33.9 Å². The zero-order valence-electron chi connectivity index (χ0n) is 13.4. The lowest BCUT2D eigenvalue weighted by Crippen LogP contribution is -2.35. The third-order valence-corrected chi connectivity index (χ3v) is 4.38. The zero-order valence-corrected chi connectivity index (χ0v) is 13.4.